The summed E-state index contributed by atoms with van der Waals surface area (Å²) in [7, 11) is 3.81. The first-order valence-corrected chi connectivity index (χ1v) is 3.65. The van der Waals surface area contributed by atoms with E-state index in [9.17, 15) is 0 Å². The standard InChI is InChI=1S/C6H7N3S/c1-9(2)6-8-5(3-7)4-10-6/h4H,1-2H3. The van der Waals surface area contributed by atoms with Crippen LogP contribution in [0.5, 0.6) is 0 Å². The van der Waals surface area contributed by atoms with E-state index in [0.717, 1.165) is 5.13 Å². The second-order valence-electron chi connectivity index (χ2n) is 2.02. The number of nitriles is 1. The van der Waals surface area contributed by atoms with Crippen molar-refractivity contribution in [3.8, 4) is 6.07 Å². The molecule has 10 heavy (non-hydrogen) atoms. The van der Waals surface area contributed by atoms with E-state index in [-0.39, 0.29) is 0 Å². The van der Waals surface area contributed by atoms with Gasteiger partial charge in [0.1, 0.15) is 6.07 Å². The number of nitrogens with zero attached hydrogens (tertiary/aromatic N) is 3. The maximum absolute atomic E-state index is 8.41. The molecule has 0 saturated carbocycles. The molecule has 0 saturated heterocycles. The van der Waals surface area contributed by atoms with E-state index >= 15 is 0 Å². The van der Waals surface area contributed by atoms with Crippen LogP contribution in [0.2, 0.25) is 0 Å². The summed E-state index contributed by atoms with van der Waals surface area (Å²) in [5.74, 6) is 0. The highest BCUT2D eigenvalue weighted by Crippen LogP contribution is 2.16. The van der Waals surface area contributed by atoms with Crippen LogP contribution in [-0.2, 0) is 0 Å². The number of aromatic nitrogens is 1. The van der Waals surface area contributed by atoms with Crippen LogP contribution in [0.3, 0.4) is 0 Å². The molecule has 0 fully saturated rings. The van der Waals surface area contributed by atoms with E-state index in [4.69, 9.17) is 5.26 Å². The fourth-order valence-corrected chi connectivity index (χ4v) is 1.21. The Balaban J connectivity index is 2.91. The minimum atomic E-state index is 0.494. The molecule has 0 aliphatic heterocycles. The Morgan fingerprint density at radius 2 is 2.40 bits per heavy atom. The third-order valence-corrected chi connectivity index (χ3v) is 2.00. The number of anilines is 1. The van der Waals surface area contributed by atoms with Crippen molar-refractivity contribution in [2.45, 2.75) is 0 Å². The fraction of sp³-hybridized carbons (Fsp3) is 0.333. The summed E-state index contributed by atoms with van der Waals surface area (Å²) in [4.78, 5) is 5.89. The van der Waals surface area contributed by atoms with Crippen molar-refractivity contribution < 1.29 is 0 Å². The zero-order chi connectivity index (χ0) is 7.56. The predicted molar refractivity (Wildman–Crippen MR) is 41.2 cm³/mol. The van der Waals surface area contributed by atoms with Crippen molar-refractivity contribution in [3.63, 3.8) is 0 Å². The van der Waals surface area contributed by atoms with Crippen molar-refractivity contribution in [1.29, 1.82) is 5.26 Å². The van der Waals surface area contributed by atoms with Gasteiger partial charge < -0.3 is 4.90 Å². The lowest BCUT2D eigenvalue weighted by Gasteiger charge is -2.04. The SMILES string of the molecule is CN(C)c1nc(C#N)cs1. The molecule has 1 aromatic rings. The highest BCUT2D eigenvalue weighted by molar-refractivity contribution is 7.13. The van der Waals surface area contributed by atoms with E-state index in [1.807, 2.05) is 25.1 Å². The Morgan fingerprint density at radius 1 is 1.70 bits per heavy atom. The molecule has 52 valence electrons. The largest absolute Gasteiger partial charge is 0.354 e. The van der Waals surface area contributed by atoms with Crippen LogP contribution in [0, 0.1) is 11.3 Å². The first-order chi connectivity index (χ1) is 4.74. The zero-order valence-corrected chi connectivity index (χ0v) is 6.64. The highest BCUT2D eigenvalue weighted by atomic mass is 32.1. The van der Waals surface area contributed by atoms with Crippen molar-refractivity contribution in [2.75, 3.05) is 19.0 Å². The van der Waals surface area contributed by atoms with E-state index in [2.05, 4.69) is 4.98 Å². The van der Waals surface area contributed by atoms with Crippen molar-refractivity contribution in [3.05, 3.63) is 11.1 Å². The smallest absolute Gasteiger partial charge is 0.186 e. The molecular weight excluding hydrogens is 146 g/mol. The summed E-state index contributed by atoms with van der Waals surface area (Å²) < 4.78 is 0. The summed E-state index contributed by atoms with van der Waals surface area (Å²) in [6.07, 6.45) is 0. The number of rotatable bonds is 1. The van der Waals surface area contributed by atoms with Crippen LogP contribution < -0.4 is 4.90 Å². The number of thiazole rings is 1. The predicted octanol–water partition coefficient (Wildman–Crippen LogP) is 1.08. The molecule has 0 unspecified atom stereocenters. The van der Waals surface area contributed by atoms with Crippen LogP contribution >= 0.6 is 11.3 Å². The number of hydrogen-bond donors (Lipinski definition) is 0. The van der Waals surface area contributed by atoms with Gasteiger partial charge in [-0.25, -0.2) is 4.98 Å². The Hall–Kier alpha value is -1.08. The normalized spacial score (nSPS) is 8.90. The van der Waals surface area contributed by atoms with Gasteiger partial charge in [0.25, 0.3) is 0 Å². The van der Waals surface area contributed by atoms with Gasteiger partial charge in [-0.1, -0.05) is 0 Å². The Labute approximate surface area is 63.5 Å². The second-order valence-corrected chi connectivity index (χ2v) is 2.86. The van der Waals surface area contributed by atoms with Crippen LogP contribution in [0.15, 0.2) is 5.38 Å². The Morgan fingerprint density at radius 3 is 2.70 bits per heavy atom. The lowest BCUT2D eigenvalue weighted by molar-refractivity contribution is 1.10. The van der Waals surface area contributed by atoms with Gasteiger partial charge in [0.2, 0.25) is 0 Å². The third-order valence-electron chi connectivity index (χ3n) is 0.989. The molecule has 0 spiro atoms. The van der Waals surface area contributed by atoms with Gasteiger partial charge in [-0.3, -0.25) is 0 Å². The maximum Gasteiger partial charge on any atom is 0.186 e. The Kier molecular flexibility index (Phi) is 1.88. The van der Waals surface area contributed by atoms with Crippen molar-refractivity contribution >= 4 is 16.5 Å². The minimum absolute atomic E-state index is 0.494. The van der Waals surface area contributed by atoms with Gasteiger partial charge in [0, 0.05) is 19.5 Å². The first-order valence-electron chi connectivity index (χ1n) is 2.77. The van der Waals surface area contributed by atoms with Crippen molar-refractivity contribution in [2.24, 2.45) is 0 Å². The van der Waals surface area contributed by atoms with Gasteiger partial charge in [-0.15, -0.1) is 11.3 Å². The average Bonchev–Trinajstić information content (AvgIpc) is 2.34. The quantitative estimate of drug-likeness (QED) is 0.606. The van der Waals surface area contributed by atoms with Crippen LogP contribution in [0.25, 0.3) is 0 Å². The molecular formula is C6H7N3S. The zero-order valence-electron chi connectivity index (χ0n) is 5.83. The monoisotopic (exact) mass is 153 g/mol. The third kappa shape index (κ3) is 1.25. The summed E-state index contributed by atoms with van der Waals surface area (Å²) >= 11 is 1.47. The molecule has 4 heteroatoms. The highest BCUT2D eigenvalue weighted by Gasteiger charge is 2.00. The topological polar surface area (TPSA) is 39.9 Å². The summed E-state index contributed by atoms with van der Waals surface area (Å²) in [6, 6.07) is 1.97. The Bertz CT molecular complexity index is 258. The van der Waals surface area contributed by atoms with Crippen LogP contribution in [-0.4, -0.2) is 19.1 Å². The average molecular weight is 153 g/mol. The summed E-state index contributed by atoms with van der Waals surface area (Å²) in [5.41, 5.74) is 0.494. The number of hydrogen-bond acceptors (Lipinski definition) is 4. The molecule has 0 aliphatic rings. The van der Waals surface area contributed by atoms with Gasteiger partial charge in [0.05, 0.1) is 0 Å². The lowest BCUT2D eigenvalue weighted by Crippen LogP contribution is -2.07. The van der Waals surface area contributed by atoms with E-state index < -0.39 is 0 Å². The van der Waals surface area contributed by atoms with Gasteiger partial charge >= 0.3 is 0 Å². The molecule has 1 aromatic heterocycles. The first kappa shape index (κ1) is 7.03. The fourth-order valence-electron chi connectivity index (χ4n) is 0.521. The molecule has 3 nitrogen and oxygen atoms in total. The molecule has 1 rings (SSSR count). The van der Waals surface area contributed by atoms with Crippen LogP contribution in [0.1, 0.15) is 5.69 Å². The van der Waals surface area contributed by atoms with E-state index in [0.29, 0.717) is 5.69 Å². The molecule has 1 heterocycles. The molecule has 0 N–H and O–H groups in total. The maximum atomic E-state index is 8.41. The molecule has 0 bridgehead atoms. The molecule has 0 aromatic carbocycles. The van der Waals surface area contributed by atoms with E-state index in [1.54, 1.807) is 5.38 Å². The molecule has 0 atom stereocenters. The summed E-state index contributed by atoms with van der Waals surface area (Å²) in [5, 5.41) is 11.0. The van der Waals surface area contributed by atoms with E-state index in [1.165, 1.54) is 11.3 Å². The lowest BCUT2D eigenvalue weighted by atomic mass is 10.6. The molecule has 0 aliphatic carbocycles. The molecule has 0 radical (unpaired) electrons. The summed E-state index contributed by atoms with van der Waals surface area (Å²) in [6.45, 7) is 0. The molecule has 0 amide bonds. The van der Waals surface area contributed by atoms with Gasteiger partial charge in [0.15, 0.2) is 10.8 Å². The van der Waals surface area contributed by atoms with Crippen LogP contribution in [0.4, 0.5) is 5.13 Å². The second kappa shape index (κ2) is 2.67. The minimum Gasteiger partial charge on any atom is -0.354 e. The van der Waals surface area contributed by atoms with Gasteiger partial charge in [-0.2, -0.15) is 5.26 Å². The van der Waals surface area contributed by atoms with Crippen molar-refractivity contribution in [1.82, 2.24) is 4.98 Å². The van der Waals surface area contributed by atoms with Gasteiger partial charge in [-0.05, 0) is 0 Å².